The highest BCUT2D eigenvalue weighted by Crippen LogP contribution is 2.32. The number of amides is 1. The van der Waals surface area contributed by atoms with Gasteiger partial charge in [-0.25, -0.2) is 4.79 Å². The van der Waals surface area contributed by atoms with E-state index in [9.17, 15) is 19.7 Å². The third kappa shape index (κ3) is 3.69. The number of anilines is 1. The molecule has 2 N–H and O–H groups in total. The average Bonchev–Trinajstić information content (AvgIpc) is 2.91. The molecule has 0 radical (unpaired) electrons. The number of β-amino-alcohol motifs (C(OH)–C–C–N with tert-alkyl or cyclic N) is 1. The Morgan fingerprint density at radius 3 is 2.72 bits per heavy atom. The molecular formula is C15H17N3O7. The van der Waals surface area contributed by atoms with E-state index < -0.39 is 16.8 Å². The Labute approximate surface area is 142 Å². The Hall–Kier alpha value is -3.14. The third-order valence-electron chi connectivity index (χ3n) is 3.61. The minimum Gasteiger partial charge on any atom is -0.495 e. The number of non-ortho nitro benzene ring substituents is 1. The van der Waals surface area contributed by atoms with E-state index in [0.29, 0.717) is 0 Å². The van der Waals surface area contributed by atoms with Crippen molar-refractivity contribution in [2.45, 2.75) is 0 Å². The van der Waals surface area contributed by atoms with Gasteiger partial charge in [0, 0.05) is 18.7 Å². The van der Waals surface area contributed by atoms with Crippen LogP contribution in [0.4, 0.5) is 11.4 Å². The van der Waals surface area contributed by atoms with Gasteiger partial charge in [0.05, 0.1) is 43.6 Å². The lowest BCUT2D eigenvalue weighted by Gasteiger charge is -2.15. The van der Waals surface area contributed by atoms with Crippen LogP contribution in [0.3, 0.4) is 0 Å². The van der Waals surface area contributed by atoms with Gasteiger partial charge in [0.2, 0.25) is 0 Å². The molecule has 1 amide bonds. The number of methoxy groups -OCH3 is 2. The molecule has 1 aliphatic rings. The van der Waals surface area contributed by atoms with E-state index in [2.05, 4.69) is 10.1 Å². The first-order valence-electron chi connectivity index (χ1n) is 7.24. The van der Waals surface area contributed by atoms with Crippen LogP contribution in [0.15, 0.2) is 29.5 Å². The fourth-order valence-corrected chi connectivity index (χ4v) is 2.39. The van der Waals surface area contributed by atoms with Crippen molar-refractivity contribution in [1.29, 1.82) is 0 Å². The molecule has 25 heavy (non-hydrogen) atoms. The van der Waals surface area contributed by atoms with Gasteiger partial charge in [-0.15, -0.1) is 0 Å². The predicted octanol–water partition coefficient (Wildman–Crippen LogP) is 0.277. The number of nitro benzene ring substituents is 1. The summed E-state index contributed by atoms with van der Waals surface area (Å²) in [7, 11) is 2.55. The summed E-state index contributed by atoms with van der Waals surface area (Å²) in [5.41, 5.74) is -0.0536. The number of ether oxygens (including phenoxy) is 2. The Bertz CT molecular complexity index is 745. The number of hydrogen-bond acceptors (Lipinski definition) is 8. The van der Waals surface area contributed by atoms with Crippen LogP contribution in [0.25, 0.3) is 0 Å². The van der Waals surface area contributed by atoms with Gasteiger partial charge in [-0.05, 0) is 6.07 Å². The van der Waals surface area contributed by atoms with Gasteiger partial charge < -0.3 is 24.8 Å². The molecule has 1 aliphatic heterocycles. The first-order valence-corrected chi connectivity index (χ1v) is 7.24. The summed E-state index contributed by atoms with van der Waals surface area (Å²) < 4.78 is 9.81. The fraction of sp³-hybridized carbons (Fsp3) is 0.333. The minimum absolute atomic E-state index is 0.0361. The quantitative estimate of drug-likeness (QED) is 0.407. The summed E-state index contributed by atoms with van der Waals surface area (Å²) in [5, 5.41) is 22.7. The third-order valence-corrected chi connectivity index (χ3v) is 3.61. The van der Waals surface area contributed by atoms with Crippen LogP contribution in [0.5, 0.6) is 5.75 Å². The lowest BCUT2D eigenvalue weighted by Crippen LogP contribution is -2.31. The Kier molecular flexibility index (Phi) is 5.55. The van der Waals surface area contributed by atoms with Crippen LogP contribution < -0.4 is 10.1 Å². The van der Waals surface area contributed by atoms with Crippen molar-refractivity contribution in [3.63, 3.8) is 0 Å². The summed E-state index contributed by atoms with van der Waals surface area (Å²) in [6.45, 7) is -0.268. The Morgan fingerprint density at radius 2 is 2.16 bits per heavy atom. The smallest absolute Gasteiger partial charge is 0.337 e. The topological polar surface area (TPSA) is 131 Å². The molecule has 1 aromatic carbocycles. The molecule has 0 unspecified atom stereocenters. The van der Waals surface area contributed by atoms with E-state index in [1.165, 1.54) is 37.3 Å². The van der Waals surface area contributed by atoms with Crippen LogP contribution in [0, 0.1) is 10.1 Å². The van der Waals surface area contributed by atoms with Gasteiger partial charge in [0.15, 0.2) is 0 Å². The van der Waals surface area contributed by atoms with E-state index in [-0.39, 0.29) is 48.1 Å². The highest BCUT2D eigenvalue weighted by molar-refractivity contribution is 6.08. The summed E-state index contributed by atoms with van der Waals surface area (Å²) in [6, 6.07) is 3.83. The molecule has 0 fully saturated rings. The van der Waals surface area contributed by atoms with Crippen LogP contribution >= 0.6 is 0 Å². The molecular weight excluding hydrogens is 334 g/mol. The van der Waals surface area contributed by atoms with Gasteiger partial charge >= 0.3 is 5.97 Å². The van der Waals surface area contributed by atoms with Crippen molar-refractivity contribution in [3.8, 4) is 5.75 Å². The maximum absolute atomic E-state index is 12.5. The highest BCUT2D eigenvalue weighted by Gasteiger charge is 2.35. The van der Waals surface area contributed by atoms with E-state index in [1.807, 2.05) is 0 Å². The summed E-state index contributed by atoms with van der Waals surface area (Å²) in [6.07, 6.45) is 0. The summed E-state index contributed by atoms with van der Waals surface area (Å²) in [5.74, 6) is -0.973. The number of esters is 1. The predicted molar refractivity (Wildman–Crippen MR) is 86.0 cm³/mol. The molecule has 0 saturated carbocycles. The maximum atomic E-state index is 12.5. The molecule has 0 aromatic heterocycles. The first kappa shape index (κ1) is 18.2. The molecule has 10 heteroatoms. The van der Waals surface area contributed by atoms with Crippen molar-refractivity contribution in [2.24, 2.45) is 0 Å². The fourth-order valence-electron chi connectivity index (χ4n) is 2.39. The van der Waals surface area contributed by atoms with Crippen molar-refractivity contribution in [2.75, 3.05) is 39.2 Å². The first-order chi connectivity index (χ1) is 11.9. The number of rotatable bonds is 7. The average molecular weight is 351 g/mol. The van der Waals surface area contributed by atoms with Crippen LogP contribution in [-0.4, -0.2) is 60.7 Å². The molecule has 0 spiro atoms. The highest BCUT2D eigenvalue weighted by atomic mass is 16.6. The zero-order valence-electron chi connectivity index (χ0n) is 13.6. The Balaban J connectivity index is 2.44. The van der Waals surface area contributed by atoms with E-state index >= 15 is 0 Å². The normalized spacial score (nSPS) is 13.9. The number of carbonyl (C=O) groups is 2. The second kappa shape index (κ2) is 7.62. The second-order valence-corrected chi connectivity index (χ2v) is 5.06. The number of nitrogens with one attached hydrogen (secondary N) is 1. The summed E-state index contributed by atoms with van der Waals surface area (Å²) >= 11 is 0. The number of benzene rings is 1. The second-order valence-electron chi connectivity index (χ2n) is 5.06. The largest absolute Gasteiger partial charge is 0.495 e. The number of nitro groups is 1. The molecule has 2 rings (SSSR count). The van der Waals surface area contributed by atoms with E-state index in [4.69, 9.17) is 9.84 Å². The number of aliphatic hydroxyl groups is 1. The molecule has 0 saturated heterocycles. The molecule has 134 valence electrons. The van der Waals surface area contributed by atoms with Crippen molar-refractivity contribution in [3.05, 3.63) is 39.6 Å². The number of carbonyl (C=O) groups excluding carboxylic acids is 2. The van der Waals surface area contributed by atoms with Gasteiger partial charge in [-0.3, -0.25) is 14.9 Å². The Morgan fingerprint density at radius 1 is 1.44 bits per heavy atom. The molecule has 0 bridgehead atoms. The van der Waals surface area contributed by atoms with Crippen LogP contribution in [0.1, 0.15) is 0 Å². The lowest BCUT2D eigenvalue weighted by atomic mass is 10.2. The van der Waals surface area contributed by atoms with Gasteiger partial charge in [-0.1, -0.05) is 0 Å². The molecule has 1 heterocycles. The van der Waals surface area contributed by atoms with Crippen LogP contribution in [-0.2, 0) is 14.3 Å². The zero-order valence-corrected chi connectivity index (χ0v) is 13.6. The SMILES string of the molecule is COC(=O)C1=C(Nc2cc([N+](=O)[O-])ccc2OC)C(=O)N(CCO)C1. The molecule has 10 nitrogen and oxygen atoms in total. The van der Waals surface area contributed by atoms with Crippen molar-refractivity contribution >= 4 is 23.3 Å². The monoisotopic (exact) mass is 351 g/mol. The zero-order chi connectivity index (χ0) is 18.6. The van der Waals surface area contributed by atoms with E-state index in [0.717, 1.165) is 0 Å². The lowest BCUT2D eigenvalue weighted by molar-refractivity contribution is -0.384. The number of nitrogens with zero attached hydrogens (tertiary/aromatic N) is 2. The van der Waals surface area contributed by atoms with Gasteiger partial charge in [0.25, 0.3) is 11.6 Å². The number of aliphatic hydroxyl groups excluding tert-OH is 1. The molecule has 0 atom stereocenters. The molecule has 1 aromatic rings. The minimum atomic E-state index is -0.708. The standard InChI is InChI=1S/C15H17N3O7/c1-24-12-4-3-9(18(22)23)7-11(12)16-13-10(15(21)25-2)8-17(5-6-19)14(13)20/h3-4,7,16,19H,5-6,8H2,1-2H3. The summed E-state index contributed by atoms with van der Waals surface area (Å²) in [4.78, 5) is 36.0. The molecule has 0 aliphatic carbocycles. The number of hydrogen-bond donors (Lipinski definition) is 2. The van der Waals surface area contributed by atoms with E-state index in [1.54, 1.807) is 0 Å². The van der Waals surface area contributed by atoms with Crippen molar-refractivity contribution in [1.82, 2.24) is 4.90 Å². The van der Waals surface area contributed by atoms with Gasteiger partial charge in [0.1, 0.15) is 11.4 Å². The maximum Gasteiger partial charge on any atom is 0.337 e. The van der Waals surface area contributed by atoms with Crippen molar-refractivity contribution < 1.29 is 29.1 Å². The van der Waals surface area contributed by atoms with Gasteiger partial charge in [-0.2, -0.15) is 0 Å². The van der Waals surface area contributed by atoms with Crippen LogP contribution in [0.2, 0.25) is 0 Å².